The fraction of sp³-hybridized carbons (Fsp3) is 0.933. The lowest BCUT2D eigenvalue weighted by atomic mass is 10.1. The van der Waals surface area contributed by atoms with Crippen LogP contribution in [0.2, 0.25) is 0 Å². The minimum absolute atomic E-state index is 0.0988. The molecule has 4 heteroatoms. The Balaban J connectivity index is 2.02. The Morgan fingerprint density at radius 3 is 2.42 bits per heavy atom. The molecule has 0 aromatic carbocycles. The van der Waals surface area contributed by atoms with Crippen molar-refractivity contribution in [3.63, 3.8) is 0 Å². The number of carbonyl (C=O) groups excluding carboxylic acids is 1. The van der Waals surface area contributed by atoms with Crippen LogP contribution in [0.1, 0.15) is 58.3 Å². The van der Waals surface area contributed by atoms with E-state index in [4.69, 9.17) is 5.73 Å². The van der Waals surface area contributed by atoms with Gasteiger partial charge in [0.05, 0.1) is 0 Å². The summed E-state index contributed by atoms with van der Waals surface area (Å²) >= 11 is 0. The Hall–Kier alpha value is -0.610. The molecule has 1 aliphatic heterocycles. The monoisotopic (exact) mass is 269 g/mol. The summed E-state index contributed by atoms with van der Waals surface area (Å²) in [6.07, 6.45) is 10.6. The molecule has 1 fully saturated rings. The summed E-state index contributed by atoms with van der Waals surface area (Å²) in [6, 6.07) is -0.0988. The van der Waals surface area contributed by atoms with E-state index in [9.17, 15) is 4.79 Å². The molecule has 1 unspecified atom stereocenters. The van der Waals surface area contributed by atoms with E-state index in [0.717, 1.165) is 19.6 Å². The first kappa shape index (κ1) is 16.4. The van der Waals surface area contributed by atoms with Gasteiger partial charge in [0.15, 0.2) is 0 Å². The fourth-order valence-corrected chi connectivity index (χ4v) is 2.74. The summed E-state index contributed by atoms with van der Waals surface area (Å²) < 4.78 is 0. The molecule has 1 amide bonds. The van der Waals surface area contributed by atoms with Crippen LogP contribution in [-0.4, -0.2) is 43.0 Å². The van der Waals surface area contributed by atoms with Gasteiger partial charge in [-0.2, -0.15) is 0 Å². The largest absolute Gasteiger partial charge is 0.368 e. The summed E-state index contributed by atoms with van der Waals surface area (Å²) in [6.45, 7) is 5.91. The third-order valence-electron chi connectivity index (χ3n) is 3.98. The summed E-state index contributed by atoms with van der Waals surface area (Å²) in [7, 11) is 0. The molecule has 112 valence electrons. The van der Waals surface area contributed by atoms with Crippen LogP contribution in [-0.2, 0) is 4.79 Å². The predicted octanol–water partition coefficient (Wildman–Crippen LogP) is 1.89. The Kier molecular flexibility index (Phi) is 8.84. The van der Waals surface area contributed by atoms with Crippen molar-refractivity contribution in [1.82, 2.24) is 10.2 Å². The van der Waals surface area contributed by atoms with E-state index in [-0.39, 0.29) is 11.9 Å². The average molecular weight is 269 g/mol. The molecule has 4 nitrogen and oxygen atoms in total. The van der Waals surface area contributed by atoms with E-state index < -0.39 is 0 Å². The van der Waals surface area contributed by atoms with Crippen LogP contribution in [0.5, 0.6) is 0 Å². The molecule has 0 aromatic heterocycles. The second-order valence-corrected chi connectivity index (χ2v) is 5.63. The molecule has 0 radical (unpaired) electrons. The number of unbranched alkanes of at least 4 members (excludes halogenated alkanes) is 7. The van der Waals surface area contributed by atoms with Crippen molar-refractivity contribution in [3.05, 3.63) is 0 Å². The quantitative estimate of drug-likeness (QED) is 0.595. The highest BCUT2D eigenvalue weighted by Gasteiger charge is 2.25. The number of piperazine rings is 1. The number of primary amides is 1. The van der Waals surface area contributed by atoms with Crippen LogP contribution in [0.3, 0.4) is 0 Å². The van der Waals surface area contributed by atoms with Gasteiger partial charge in [0.2, 0.25) is 5.91 Å². The molecule has 19 heavy (non-hydrogen) atoms. The molecule has 1 atom stereocenters. The van der Waals surface area contributed by atoms with Gasteiger partial charge in [-0.05, 0) is 13.0 Å². The first-order valence-electron chi connectivity index (χ1n) is 7.99. The van der Waals surface area contributed by atoms with Gasteiger partial charge in [-0.3, -0.25) is 9.69 Å². The maximum absolute atomic E-state index is 11.3. The van der Waals surface area contributed by atoms with Crippen LogP contribution >= 0.6 is 0 Å². The maximum atomic E-state index is 11.3. The van der Waals surface area contributed by atoms with Crippen molar-refractivity contribution in [2.75, 3.05) is 26.2 Å². The van der Waals surface area contributed by atoms with Crippen molar-refractivity contribution in [3.8, 4) is 0 Å². The number of nitrogens with two attached hydrogens (primary N) is 1. The van der Waals surface area contributed by atoms with Gasteiger partial charge < -0.3 is 11.1 Å². The fourth-order valence-electron chi connectivity index (χ4n) is 2.74. The highest BCUT2D eigenvalue weighted by molar-refractivity contribution is 5.80. The summed E-state index contributed by atoms with van der Waals surface area (Å²) in [5.74, 6) is -0.188. The van der Waals surface area contributed by atoms with Gasteiger partial charge in [-0.15, -0.1) is 0 Å². The van der Waals surface area contributed by atoms with E-state index in [2.05, 4.69) is 17.1 Å². The number of carbonyl (C=O) groups is 1. The van der Waals surface area contributed by atoms with Gasteiger partial charge in [0.1, 0.15) is 6.04 Å². The number of amides is 1. The molecule has 1 heterocycles. The molecule has 0 aromatic rings. The van der Waals surface area contributed by atoms with Crippen molar-refractivity contribution in [1.29, 1.82) is 0 Å². The first-order valence-corrected chi connectivity index (χ1v) is 7.99. The first-order chi connectivity index (χ1) is 9.25. The minimum atomic E-state index is -0.188. The highest BCUT2D eigenvalue weighted by Crippen LogP contribution is 2.10. The summed E-state index contributed by atoms with van der Waals surface area (Å²) in [5, 5.41) is 3.23. The molecule has 1 rings (SSSR count). The normalized spacial score (nSPS) is 20.6. The number of nitrogens with zero attached hydrogens (tertiary/aromatic N) is 1. The van der Waals surface area contributed by atoms with Gasteiger partial charge in [0, 0.05) is 19.6 Å². The molecule has 0 saturated carbocycles. The second kappa shape index (κ2) is 10.2. The zero-order chi connectivity index (χ0) is 13.9. The highest BCUT2D eigenvalue weighted by atomic mass is 16.1. The lowest BCUT2D eigenvalue weighted by Crippen LogP contribution is -2.56. The number of hydrogen-bond acceptors (Lipinski definition) is 3. The van der Waals surface area contributed by atoms with Crippen molar-refractivity contribution >= 4 is 5.91 Å². The Morgan fingerprint density at radius 2 is 1.79 bits per heavy atom. The molecular weight excluding hydrogens is 238 g/mol. The molecule has 3 N–H and O–H groups in total. The average Bonchev–Trinajstić information content (AvgIpc) is 2.42. The Bertz CT molecular complexity index is 246. The topological polar surface area (TPSA) is 58.4 Å². The van der Waals surface area contributed by atoms with E-state index in [0.29, 0.717) is 6.54 Å². The smallest absolute Gasteiger partial charge is 0.236 e. The lowest BCUT2D eigenvalue weighted by molar-refractivity contribution is -0.123. The van der Waals surface area contributed by atoms with Crippen LogP contribution in [0.15, 0.2) is 0 Å². The van der Waals surface area contributed by atoms with Crippen LogP contribution in [0, 0.1) is 0 Å². The van der Waals surface area contributed by atoms with Crippen molar-refractivity contribution in [2.45, 2.75) is 64.3 Å². The zero-order valence-corrected chi connectivity index (χ0v) is 12.5. The van der Waals surface area contributed by atoms with Gasteiger partial charge >= 0.3 is 0 Å². The Morgan fingerprint density at radius 1 is 1.16 bits per heavy atom. The number of nitrogens with one attached hydrogen (secondary N) is 1. The van der Waals surface area contributed by atoms with E-state index in [1.54, 1.807) is 0 Å². The molecule has 1 saturated heterocycles. The van der Waals surface area contributed by atoms with Gasteiger partial charge in [0.25, 0.3) is 0 Å². The third kappa shape index (κ3) is 6.92. The van der Waals surface area contributed by atoms with E-state index in [1.165, 1.54) is 51.4 Å². The van der Waals surface area contributed by atoms with E-state index in [1.807, 2.05) is 0 Å². The minimum Gasteiger partial charge on any atom is -0.368 e. The van der Waals surface area contributed by atoms with Crippen LogP contribution in [0.4, 0.5) is 0 Å². The molecule has 0 aliphatic carbocycles. The van der Waals surface area contributed by atoms with Crippen molar-refractivity contribution in [2.24, 2.45) is 5.73 Å². The molecular formula is C15H31N3O. The van der Waals surface area contributed by atoms with Crippen LogP contribution in [0.25, 0.3) is 0 Å². The SMILES string of the molecule is CCCCCCCCCCN1CCNCC1C(N)=O. The third-order valence-corrected chi connectivity index (χ3v) is 3.98. The number of hydrogen-bond donors (Lipinski definition) is 2. The number of rotatable bonds is 10. The zero-order valence-electron chi connectivity index (χ0n) is 12.5. The second-order valence-electron chi connectivity index (χ2n) is 5.63. The lowest BCUT2D eigenvalue weighted by Gasteiger charge is -2.34. The molecule has 0 bridgehead atoms. The van der Waals surface area contributed by atoms with E-state index >= 15 is 0 Å². The van der Waals surface area contributed by atoms with Gasteiger partial charge in [-0.25, -0.2) is 0 Å². The molecule has 1 aliphatic rings. The predicted molar refractivity (Wildman–Crippen MR) is 80.0 cm³/mol. The molecule has 0 spiro atoms. The van der Waals surface area contributed by atoms with Crippen LogP contribution < -0.4 is 11.1 Å². The van der Waals surface area contributed by atoms with Crippen molar-refractivity contribution < 1.29 is 4.79 Å². The maximum Gasteiger partial charge on any atom is 0.236 e. The summed E-state index contributed by atoms with van der Waals surface area (Å²) in [5.41, 5.74) is 5.44. The standard InChI is InChI=1S/C15H31N3O/c1-2-3-4-5-6-7-8-9-11-18-12-10-17-13-14(18)15(16)19/h14,17H,2-13H2,1H3,(H2,16,19). The Labute approximate surface area is 118 Å². The van der Waals surface area contributed by atoms with Gasteiger partial charge in [-0.1, -0.05) is 51.9 Å². The summed E-state index contributed by atoms with van der Waals surface area (Å²) in [4.78, 5) is 13.6.